The largest absolute Gasteiger partial charge is 0.355 e. The Morgan fingerprint density at radius 1 is 1.09 bits per heavy atom. The molecule has 0 aliphatic carbocycles. The molecule has 32 heavy (non-hydrogen) atoms. The SMILES string of the molecule is CCNC(=O)[C@H](C)N(Cc1ccccc1Cl)C(=O)CN(c1cc(C)cc(C)c1)S(C)(=O)=O. The second-order valence-electron chi connectivity index (χ2n) is 7.80. The minimum Gasteiger partial charge on any atom is -0.355 e. The van der Waals surface area contributed by atoms with E-state index in [1.54, 1.807) is 50.2 Å². The van der Waals surface area contributed by atoms with Crippen LogP contribution in [0.5, 0.6) is 0 Å². The van der Waals surface area contributed by atoms with E-state index in [1.165, 1.54) is 4.90 Å². The lowest BCUT2D eigenvalue weighted by Crippen LogP contribution is -2.51. The van der Waals surface area contributed by atoms with Crippen molar-refractivity contribution in [2.75, 3.05) is 23.7 Å². The highest BCUT2D eigenvalue weighted by molar-refractivity contribution is 7.92. The molecule has 0 saturated carbocycles. The second-order valence-corrected chi connectivity index (χ2v) is 10.1. The number of nitrogens with zero attached hydrogens (tertiary/aromatic N) is 2. The molecule has 1 atom stereocenters. The lowest BCUT2D eigenvalue weighted by Gasteiger charge is -2.31. The molecule has 174 valence electrons. The van der Waals surface area contributed by atoms with Crippen LogP contribution in [0, 0.1) is 13.8 Å². The van der Waals surface area contributed by atoms with Gasteiger partial charge < -0.3 is 10.2 Å². The maximum atomic E-state index is 13.4. The third kappa shape index (κ3) is 6.71. The van der Waals surface area contributed by atoms with Gasteiger partial charge in [0.2, 0.25) is 21.8 Å². The number of anilines is 1. The van der Waals surface area contributed by atoms with Gasteiger partial charge in [0, 0.05) is 18.1 Å². The highest BCUT2D eigenvalue weighted by Crippen LogP contribution is 2.23. The summed E-state index contributed by atoms with van der Waals surface area (Å²) in [5, 5.41) is 3.17. The van der Waals surface area contributed by atoms with E-state index in [0.717, 1.165) is 21.7 Å². The van der Waals surface area contributed by atoms with Crippen LogP contribution in [0.4, 0.5) is 5.69 Å². The van der Waals surface area contributed by atoms with Crippen molar-refractivity contribution < 1.29 is 18.0 Å². The van der Waals surface area contributed by atoms with Crippen LogP contribution in [-0.2, 0) is 26.2 Å². The van der Waals surface area contributed by atoms with Crippen LogP contribution in [0.3, 0.4) is 0 Å². The summed E-state index contributed by atoms with van der Waals surface area (Å²) < 4.78 is 26.2. The summed E-state index contributed by atoms with van der Waals surface area (Å²) in [7, 11) is -3.76. The summed E-state index contributed by atoms with van der Waals surface area (Å²) in [6.45, 7) is 7.17. The zero-order valence-corrected chi connectivity index (χ0v) is 20.6. The van der Waals surface area contributed by atoms with E-state index in [-0.39, 0.29) is 12.5 Å². The summed E-state index contributed by atoms with van der Waals surface area (Å²) in [5.41, 5.74) is 2.83. The quantitative estimate of drug-likeness (QED) is 0.598. The Kier molecular flexibility index (Phi) is 8.69. The van der Waals surface area contributed by atoms with E-state index in [1.807, 2.05) is 19.9 Å². The average molecular weight is 480 g/mol. The monoisotopic (exact) mass is 479 g/mol. The maximum Gasteiger partial charge on any atom is 0.244 e. The number of sulfonamides is 1. The summed E-state index contributed by atoms with van der Waals surface area (Å²) in [6, 6.07) is 11.6. The predicted molar refractivity (Wildman–Crippen MR) is 128 cm³/mol. The Bertz CT molecular complexity index is 1070. The molecular formula is C23H30ClN3O4S. The van der Waals surface area contributed by atoms with Crippen molar-refractivity contribution in [3.8, 4) is 0 Å². The lowest BCUT2D eigenvalue weighted by atomic mass is 10.1. The Hall–Kier alpha value is -2.58. The fraction of sp³-hybridized carbons (Fsp3) is 0.391. The van der Waals surface area contributed by atoms with E-state index >= 15 is 0 Å². The molecule has 1 N–H and O–H groups in total. The number of carbonyl (C=O) groups is 2. The van der Waals surface area contributed by atoms with E-state index in [4.69, 9.17) is 11.6 Å². The molecule has 7 nitrogen and oxygen atoms in total. The molecule has 0 aliphatic rings. The number of hydrogen-bond acceptors (Lipinski definition) is 4. The molecule has 0 heterocycles. The number of amides is 2. The number of likely N-dealkylation sites (N-methyl/N-ethyl adjacent to an activating group) is 1. The molecule has 2 amide bonds. The first kappa shape index (κ1) is 25.7. The number of halogens is 1. The van der Waals surface area contributed by atoms with Gasteiger partial charge in [-0.25, -0.2) is 8.42 Å². The molecule has 0 unspecified atom stereocenters. The van der Waals surface area contributed by atoms with Crippen LogP contribution in [-0.4, -0.2) is 50.5 Å². The van der Waals surface area contributed by atoms with Crippen molar-refractivity contribution >= 4 is 39.1 Å². The van der Waals surface area contributed by atoms with Crippen molar-refractivity contribution in [2.45, 2.75) is 40.3 Å². The van der Waals surface area contributed by atoms with Gasteiger partial charge in [-0.05, 0) is 62.6 Å². The average Bonchev–Trinajstić information content (AvgIpc) is 2.69. The molecule has 0 radical (unpaired) electrons. The minimum absolute atomic E-state index is 0.0707. The van der Waals surface area contributed by atoms with Crippen LogP contribution in [0.25, 0.3) is 0 Å². The maximum absolute atomic E-state index is 13.4. The summed E-state index contributed by atoms with van der Waals surface area (Å²) >= 11 is 6.28. The number of aryl methyl sites for hydroxylation is 2. The molecular weight excluding hydrogens is 450 g/mol. The lowest BCUT2D eigenvalue weighted by molar-refractivity contribution is -0.139. The van der Waals surface area contributed by atoms with Gasteiger partial charge in [0.05, 0.1) is 11.9 Å². The Morgan fingerprint density at radius 3 is 2.22 bits per heavy atom. The fourth-order valence-corrected chi connectivity index (χ4v) is 4.45. The molecule has 0 spiro atoms. The van der Waals surface area contributed by atoms with E-state index in [2.05, 4.69) is 5.32 Å². The van der Waals surface area contributed by atoms with Crippen molar-refractivity contribution in [2.24, 2.45) is 0 Å². The van der Waals surface area contributed by atoms with Crippen LogP contribution in [0.15, 0.2) is 42.5 Å². The van der Waals surface area contributed by atoms with E-state index in [0.29, 0.717) is 22.8 Å². The van der Waals surface area contributed by atoms with Gasteiger partial charge in [0.25, 0.3) is 0 Å². The molecule has 2 aromatic rings. The van der Waals surface area contributed by atoms with Crippen LogP contribution < -0.4 is 9.62 Å². The molecule has 2 aromatic carbocycles. The van der Waals surface area contributed by atoms with Gasteiger partial charge in [-0.15, -0.1) is 0 Å². The van der Waals surface area contributed by atoms with Crippen molar-refractivity contribution in [1.82, 2.24) is 10.2 Å². The van der Waals surface area contributed by atoms with Gasteiger partial charge in [-0.3, -0.25) is 13.9 Å². The first-order chi connectivity index (χ1) is 14.9. The predicted octanol–water partition coefficient (Wildman–Crippen LogP) is 3.28. The Balaban J connectivity index is 2.43. The molecule has 0 aromatic heterocycles. The number of nitrogens with one attached hydrogen (secondary N) is 1. The second kappa shape index (κ2) is 10.8. The first-order valence-electron chi connectivity index (χ1n) is 10.3. The van der Waals surface area contributed by atoms with Gasteiger partial charge in [0.15, 0.2) is 0 Å². The zero-order chi connectivity index (χ0) is 24.1. The van der Waals surface area contributed by atoms with Crippen molar-refractivity contribution in [3.63, 3.8) is 0 Å². The molecule has 0 saturated heterocycles. The van der Waals surface area contributed by atoms with Gasteiger partial charge >= 0.3 is 0 Å². The fourth-order valence-electron chi connectivity index (χ4n) is 3.42. The summed E-state index contributed by atoms with van der Waals surface area (Å²) in [6.07, 6.45) is 1.06. The zero-order valence-electron chi connectivity index (χ0n) is 19.1. The minimum atomic E-state index is -3.76. The third-order valence-corrected chi connectivity index (χ3v) is 6.50. The number of carbonyl (C=O) groups excluding carboxylic acids is 2. The van der Waals surface area contributed by atoms with Crippen LogP contribution in [0.2, 0.25) is 5.02 Å². The first-order valence-corrected chi connectivity index (χ1v) is 12.5. The molecule has 0 bridgehead atoms. The highest BCUT2D eigenvalue weighted by Gasteiger charge is 2.30. The smallest absolute Gasteiger partial charge is 0.244 e. The standard InChI is InChI=1S/C23H30ClN3O4S/c1-6-25-23(29)18(4)26(14-19-9-7-8-10-21(19)24)22(28)15-27(32(5,30)31)20-12-16(2)11-17(3)13-20/h7-13,18H,6,14-15H2,1-5H3,(H,25,29)/t18-/m0/s1. The third-order valence-electron chi connectivity index (χ3n) is 4.99. The summed E-state index contributed by atoms with van der Waals surface area (Å²) in [5.74, 6) is -0.835. The molecule has 0 aliphatic heterocycles. The van der Waals surface area contributed by atoms with Crippen LogP contribution in [0.1, 0.15) is 30.5 Å². The Morgan fingerprint density at radius 2 is 1.69 bits per heavy atom. The topological polar surface area (TPSA) is 86.8 Å². The van der Waals surface area contributed by atoms with E-state index < -0.39 is 28.5 Å². The Labute approximate surface area is 195 Å². The highest BCUT2D eigenvalue weighted by atomic mass is 35.5. The van der Waals surface area contributed by atoms with Gasteiger partial charge in [-0.2, -0.15) is 0 Å². The molecule has 0 fully saturated rings. The number of rotatable bonds is 9. The molecule has 9 heteroatoms. The van der Waals surface area contributed by atoms with Crippen molar-refractivity contribution in [3.05, 3.63) is 64.2 Å². The van der Waals surface area contributed by atoms with Crippen molar-refractivity contribution in [1.29, 1.82) is 0 Å². The van der Waals surface area contributed by atoms with Gasteiger partial charge in [-0.1, -0.05) is 35.9 Å². The van der Waals surface area contributed by atoms with E-state index in [9.17, 15) is 18.0 Å². The van der Waals surface area contributed by atoms with Gasteiger partial charge in [0.1, 0.15) is 12.6 Å². The number of hydrogen-bond donors (Lipinski definition) is 1. The number of benzene rings is 2. The summed E-state index contributed by atoms with van der Waals surface area (Å²) in [4.78, 5) is 27.3. The van der Waals surface area contributed by atoms with Crippen LogP contribution >= 0.6 is 11.6 Å². The normalized spacial score (nSPS) is 12.2. The molecule has 2 rings (SSSR count).